The first-order valence-electron chi connectivity index (χ1n) is 6.43. The molecule has 1 aromatic carbocycles. The maximum atomic E-state index is 4.35. The van der Waals surface area contributed by atoms with Crippen LogP contribution in [0.25, 0.3) is 10.9 Å². The van der Waals surface area contributed by atoms with Crippen molar-refractivity contribution in [1.82, 2.24) is 10.3 Å². The zero-order valence-electron chi connectivity index (χ0n) is 10.6. The summed E-state index contributed by atoms with van der Waals surface area (Å²) < 4.78 is 0. The van der Waals surface area contributed by atoms with Crippen LogP contribution in [0, 0.1) is 0 Å². The molecular weight excluding hydrogens is 208 g/mol. The molecule has 90 valence electrons. The standard InChI is InChI=1S/C15H20N2/c1-3-6-14(16-4-2)13-8-9-15-12(11-13)7-5-10-17-15/h5,7-11,14,16H,3-4,6H2,1-2H3. The van der Waals surface area contributed by atoms with Gasteiger partial charge in [-0.1, -0.05) is 32.4 Å². The maximum Gasteiger partial charge on any atom is 0.0702 e. The summed E-state index contributed by atoms with van der Waals surface area (Å²) in [5.41, 5.74) is 2.44. The van der Waals surface area contributed by atoms with E-state index >= 15 is 0 Å². The number of nitrogens with zero attached hydrogens (tertiary/aromatic N) is 1. The van der Waals surface area contributed by atoms with Crippen molar-refractivity contribution >= 4 is 10.9 Å². The van der Waals surface area contributed by atoms with Crippen molar-refractivity contribution in [1.29, 1.82) is 0 Å². The maximum absolute atomic E-state index is 4.35. The lowest BCUT2D eigenvalue weighted by Gasteiger charge is -2.17. The molecule has 0 radical (unpaired) electrons. The second-order valence-electron chi connectivity index (χ2n) is 4.35. The number of nitrogens with one attached hydrogen (secondary N) is 1. The van der Waals surface area contributed by atoms with Crippen molar-refractivity contribution in [3.63, 3.8) is 0 Å². The van der Waals surface area contributed by atoms with Crippen LogP contribution in [0.5, 0.6) is 0 Å². The molecule has 1 atom stereocenters. The smallest absolute Gasteiger partial charge is 0.0702 e. The summed E-state index contributed by atoms with van der Waals surface area (Å²) in [4.78, 5) is 4.35. The molecule has 0 aliphatic heterocycles. The van der Waals surface area contributed by atoms with E-state index in [0.717, 1.165) is 12.1 Å². The van der Waals surface area contributed by atoms with Crippen molar-refractivity contribution in [2.45, 2.75) is 32.7 Å². The van der Waals surface area contributed by atoms with Crippen LogP contribution in [-0.4, -0.2) is 11.5 Å². The second kappa shape index (κ2) is 5.78. The van der Waals surface area contributed by atoms with E-state index in [-0.39, 0.29) is 0 Å². The number of aromatic nitrogens is 1. The Morgan fingerprint density at radius 1 is 1.24 bits per heavy atom. The largest absolute Gasteiger partial charge is 0.310 e. The van der Waals surface area contributed by atoms with Gasteiger partial charge in [-0.15, -0.1) is 0 Å². The highest BCUT2D eigenvalue weighted by molar-refractivity contribution is 5.79. The molecule has 0 saturated heterocycles. The van der Waals surface area contributed by atoms with Crippen LogP contribution in [0.15, 0.2) is 36.5 Å². The highest BCUT2D eigenvalue weighted by Gasteiger charge is 2.09. The van der Waals surface area contributed by atoms with Crippen LogP contribution >= 0.6 is 0 Å². The van der Waals surface area contributed by atoms with E-state index in [4.69, 9.17) is 0 Å². The molecule has 0 bridgehead atoms. The van der Waals surface area contributed by atoms with E-state index in [1.54, 1.807) is 0 Å². The van der Waals surface area contributed by atoms with Gasteiger partial charge >= 0.3 is 0 Å². The van der Waals surface area contributed by atoms with Crippen molar-refractivity contribution in [2.24, 2.45) is 0 Å². The van der Waals surface area contributed by atoms with Gasteiger partial charge in [0.05, 0.1) is 5.52 Å². The molecule has 1 heterocycles. The lowest BCUT2D eigenvalue weighted by molar-refractivity contribution is 0.510. The van der Waals surface area contributed by atoms with Gasteiger partial charge in [-0.2, -0.15) is 0 Å². The van der Waals surface area contributed by atoms with Gasteiger partial charge in [-0.25, -0.2) is 0 Å². The highest BCUT2D eigenvalue weighted by atomic mass is 14.9. The predicted octanol–water partition coefficient (Wildman–Crippen LogP) is 3.69. The van der Waals surface area contributed by atoms with Crippen LogP contribution in [0.1, 0.15) is 38.3 Å². The summed E-state index contributed by atoms with van der Waals surface area (Å²) in [5, 5.41) is 4.77. The van der Waals surface area contributed by atoms with Crippen molar-refractivity contribution in [2.75, 3.05) is 6.54 Å². The second-order valence-corrected chi connectivity index (χ2v) is 4.35. The summed E-state index contributed by atoms with van der Waals surface area (Å²) in [6.07, 6.45) is 4.22. The minimum atomic E-state index is 0.467. The first kappa shape index (κ1) is 12.1. The van der Waals surface area contributed by atoms with Crippen LogP contribution in [-0.2, 0) is 0 Å². The molecule has 1 aromatic heterocycles. The van der Waals surface area contributed by atoms with Crippen LogP contribution in [0.3, 0.4) is 0 Å². The summed E-state index contributed by atoms with van der Waals surface area (Å²) in [6.45, 7) is 5.40. The molecular formula is C15H20N2. The third-order valence-corrected chi connectivity index (χ3v) is 3.06. The average Bonchev–Trinajstić information content (AvgIpc) is 2.38. The molecule has 17 heavy (non-hydrogen) atoms. The van der Waals surface area contributed by atoms with E-state index in [0.29, 0.717) is 6.04 Å². The van der Waals surface area contributed by atoms with Gasteiger partial charge in [0, 0.05) is 17.6 Å². The van der Waals surface area contributed by atoms with Gasteiger partial charge in [-0.3, -0.25) is 4.98 Å². The number of pyridine rings is 1. The number of fused-ring (bicyclic) bond motifs is 1. The highest BCUT2D eigenvalue weighted by Crippen LogP contribution is 2.22. The fourth-order valence-corrected chi connectivity index (χ4v) is 2.23. The molecule has 1 unspecified atom stereocenters. The Morgan fingerprint density at radius 2 is 2.12 bits per heavy atom. The van der Waals surface area contributed by atoms with Crippen LogP contribution in [0.4, 0.5) is 0 Å². The Bertz CT molecular complexity index is 473. The minimum absolute atomic E-state index is 0.467. The minimum Gasteiger partial charge on any atom is -0.310 e. The normalized spacial score (nSPS) is 12.8. The lowest BCUT2D eigenvalue weighted by atomic mass is 10.0. The molecule has 2 heteroatoms. The summed E-state index contributed by atoms with van der Waals surface area (Å²) in [6, 6.07) is 11.2. The van der Waals surface area contributed by atoms with Gasteiger partial charge in [0.15, 0.2) is 0 Å². The number of rotatable bonds is 5. The monoisotopic (exact) mass is 228 g/mol. The van der Waals surface area contributed by atoms with E-state index in [1.807, 2.05) is 12.3 Å². The molecule has 0 fully saturated rings. The topological polar surface area (TPSA) is 24.9 Å². The molecule has 0 aliphatic rings. The van der Waals surface area contributed by atoms with Crippen molar-refractivity contribution in [3.05, 3.63) is 42.1 Å². The summed E-state index contributed by atoms with van der Waals surface area (Å²) >= 11 is 0. The fourth-order valence-electron chi connectivity index (χ4n) is 2.23. The molecule has 2 nitrogen and oxygen atoms in total. The van der Waals surface area contributed by atoms with E-state index in [2.05, 4.69) is 48.4 Å². The van der Waals surface area contributed by atoms with Gasteiger partial charge in [-0.05, 0) is 36.7 Å². The third kappa shape index (κ3) is 2.83. The first-order valence-corrected chi connectivity index (χ1v) is 6.43. The number of hydrogen-bond donors (Lipinski definition) is 1. The zero-order chi connectivity index (χ0) is 12.1. The zero-order valence-corrected chi connectivity index (χ0v) is 10.6. The van der Waals surface area contributed by atoms with E-state index in [9.17, 15) is 0 Å². The molecule has 2 rings (SSSR count). The van der Waals surface area contributed by atoms with Crippen molar-refractivity contribution < 1.29 is 0 Å². The molecule has 0 spiro atoms. The Labute approximate surface area is 103 Å². The summed E-state index contributed by atoms with van der Waals surface area (Å²) in [7, 11) is 0. The van der Waals surface area contributed by atoms with Gasteiger partial charge in [0.25, 0.3) is 0 Å². The molecule has 0 aliphatic carbocycles. The Hall–Kier alpha value is -1.41. The molecule has 2 aromatic rings. The van der Waals surface area contributed by atoms with Gasteiger partial charge in [0.2, 0.25) is 0 Å². The average molecular weight is 228 g/mol. The summed E-state index contributed by atoms with van der Waals surface area (Å²) in [5.74, 6) is 0. The number of hydrogen-bond acceptors (Lipinski definition) is 2. The fraction of sp³-hybridized carbons (Fsp3) is 0.400. The SMILES string of the molecule is CCCC(NCC)c1ccc2ncccc2c1. The number of benzene rings is 1. The Kier molecular flexibility index (Phi) is 4.10. The van der Waals surface area contributed by atoms with E-state index < -0.39 is 0 Å². The quantitative estimate of drug-likeness (QED) is 0.844. The Balaban J connectivity index is 2.32. The Morgan fingerprint density at radius 3 is 2.88 bits per heavy atom. The third-order valence-electron chi connectivity index (χ3n) is 3.06. The van der Waals surface area contributed by atoms with Crippen LogP contribution < -0.4 is 5.32 Å². The van der Waals surface area contributed by atoms with Gasteiger partial charge in [0.1, 0.15) is 0 Å². The van der Waals surface area contributed by atoms with Gasteiger partial charge < -0.3 is 5.32 Å². The molecule has 0 amide bonds. The van der Waals surface area contributed by atoms with Crippen molar-refractivity contribution in [3.8, 4) is 0 Å². The van der Waals surface area contributed by atoms with E-state index in [1.165, 1.54) is 23.8 Å². The van der Waals surface area contributed by atoms with Crippen LogP contribution in [0.2, 0.25) is 0 Å². The molecule has 1 N–H and O–H groups in total. The first-order chi connectivity index (χ1) is 8.35. The lowest BCUT2D eigenvalue weighted by Crippen LogP contribution is -2.20. The predicted molar refractivity (Wildman–Crippen MR) is 73.1 cm³/mol. The molecule has 0 saturated carbocycles.